The second-order valence-electron chi connectivity index (χ2n) is 4.45. The lowest BCUT2D eigenvalue weighted by Crippen LogP contribution is -2.03. The summed E-state index contributed by atoms with van der Waals surface area (Å²) in [6.07, 6.45) is 0. The number of hydrogen-bond donors (Lipinski definition) is 1. The van der Waals surface area contributed by atoms with Gasteiger partial charge in [-0.2, -0.15) is 4.98 Å². The van der Waals surface area contributed by atoms with Crippen molar-refractivity contribution in [2.45, 2.75) is 13.8 Å². The van der Waals surface area contributed by atoms with Crippen LogP contribution in [-0.2, 0) is 0 Å². The zero-order chi connectivity index (χ0) is 15.4. The fraction of sp³-hybridized carbons (Fsp3) is 0.333. The Morgan fingerprint density at radius 2 is 1.48 bits per heavy atom. The van der Waals surface area contributed by atoms with E-state index >= 15 is 0 Å². The molecule has 112 valence electrons. The van der Waals surface area contributed by atoms with Crippen molar-refractivity contribution >= 4 is 5.82 Å². The average Bonchev–Trinajstić information content (AvgIpc) is 2.50. The minimum atomic E-state index is 0.502. The molecule has 0 saturated carbocycles. The van der Waals surface area contributed by atoms with E-state index in [9.17, 15) is 0 Å². The van der Waals surface area contributed by atoms with E-state index in [-0.39, 0.29) is 0 Å². The third-order valence-electron chi connectivity index (χ3n) is 2.99. The molecule has 0 amide bonds. The number of hydrogen-bond acceptors (Lipinski definition) is 6. The van der Waals surface area contributed by atoms with Crippen LogP contribution in [0.5, 0.6) is 23.1 Å². The Morgan fingerprint density at radius 1 is 0.905 bits per heavy atom. The van der Waals surface area contributed by atoms with E-state index in [0.717, 1.165) is 11.4 Å². The second-order valence-corrected chi connectivity index (χ2v) is 4.45. The highest BCUT2D eigenvalue weighted by Crippen LogP contribution is 2.32. The summed E-state index contributed by atoms with van der Waals surface area (Å²) in [4.78, 5) is 8.64. The topological polar surface area (TPSA) is 65.5 Å². The molecular formula is C15H19N3O3. The van der Waals surface area contributed by atoms with Crippen LogP contribution < -0.4 is 19.5 Å². The van der Waals surface area contributed by atoms with Crippen molar-refractivity contribution in [1.82, 2.24) is 9.97 Å². The summed E-state index contributed by atoms with van der Waals surface area (Å²) in [5.74, 6) is 3.78. The molecular weight excluding hydrogens is 270 g/mol. The molecule has 0 aliphatic rings. The Morgan fingerprint density at radius 3 is 2.00 bits per heavy atom. The number of methoxy groups -OCH3 is 2. The van der Waals surface area contributed by atoms with E-state index in [2.05, 4.69) is 15.3 Å². The number of benzene rings is 1. The fourth-order valence-electron chi connectivity index (χ4n) is 1.90. The molecule has 2 rings (SSSR count). The van der Waals surface area contributed by atoms with Crippen molar-refractivity contribution in [2.24, 2.45) is 0 Å². The van der Waals surface area contributed by atoms with E-state index in [1.54, 1.807) is 32.4 Å². The molecule has 1 aromatic carbocycles. The molecule has 0 spiro atoms. The summed E-state index contributed by atoms with van der Waals surface area (Å²) in [5.41, 5.74) is 0.838. The van der Waals surface area contributed by atoms with Crippen LogP contribution >= 0.6 is 0 Å². The zero-order valence-corrected chi connectivity index (χ0v) is 12.9. The summed E-state index contributed by atoms with van der Waals surface area (Å²) in [7, 11) is 5.00. The van der Waals surface area contributed by atoms with Crippen molar-refractivity contribution in [2.75, 3.05) is 26.6 Å². The van der Waals surface area contributed by atoms with E-state index in [1.165, 1.54) is 0 Å². The molecule has 0 aliphatic carbocycles. The lowest BCUT2D eigenvalue weighted by Gasteiger charge is -2.13. The van der Waals surface area contributed by atoms with Crippen LogP contribution in [0, 0.1) is 13.8 Å². The first kappa shape index (κ1) is 14.9. The molecule has 0 unspecified atom stereocenters. The van der Waals surface area contributed by atoms with Gasteiger partial charge in [0.15, 0.2) is 0 Å². The number of aryl methyl sites for hydroxylation is 1. The minimum absolute atomic E-state index is 0.502. The predicted octanol–water partition coefficient (Wildman–Crippen LogP) is 2.94. The number of nitrogens with zero attached hydrogens (tertiary/aromatic N) is 2. The van der Waals surface area contributed by atoms with Gasteiger partial charge < -0.3 is 19.5 Å². The Kier molecular flexibility index (Phi) is 4.47. The lowest BCUT2D eigenvalue weighted by molar-refractivity contribution is 0.384. The van der Waals surface area contributed by atoms with Gasteiger partial charge in [-0.3, -0.25) is 0 Å². The van der Waals surface area contributed by atoms with Crippen LogP contribution in [0.2, 0.25) is 0 Å². The van der Waals surface area contributed by atoms with Gasteiger partial charge in [0.25, 0.3) is 0 Å². The molecule has 1 N–H and O–H groups in total. The molecule has 21 heavy (non-hydrogen) atoms. The first-order valence-corrected chi connectivity index (χ1v) is 6.51. The molecule has 0 bridgehead atoms. The van der Waals surface area contributed by atoms with Gasteiger partial charge in [-0.05, 0) is 13.8 Å². The van der Waals surface area contributed by atoms with Crippen molar-refractivity contribution in [3.63, 3.8) is 0 Å². The van der Waals surface area contributed by atoms with Gasteiger partial charge in [0.2, 0.25) is 5.88 Å². The van der Waals surface area contributed by atoms with E-state index in [0.29, 0.717) is 29.0 Å². The normalized spacial score (nSPS) is 10.1. The zero-order valence-electron chi connectivity index (χ0n) is 12.9. The van der Waals surface area contributed by atoms with Gasteiger partial charge in [-0.15, -0.1) is 0 Å². The molecule has 6 heteroatoms. The average molecular weight is 289 g/mol. The molecule has 6 nitrogen and oxygen atoms in total. The van der Waals surface area contributed by atoms with E-state index in [1.807, 2.05) is 20.9 Å². The van der Waals surface area contributed by atoms with Crippen molar-refractivity contribution in [3.8, 4) is 23.1 Å². The van der Waals surface area contributed by atoms with E-state index in [4.69, 9.17) is 14.2 Å². The molecule has 0 radical (unpaired) electrons. The van der Waals surface area contributed by atoms with Crippen LogP contribution in [0.15, 0.2) is 18.2 Å². The van der Waals surface area contributed by atoms with Gasteiger partial charge in [-0.25, -0.2) is 4.98 Å². The molecule has 0 atom stereocenters. The molecule has 0 aliphatic heterocycles. The number of anilines is 1. The SMILES string of the molecule is CNc1nc(C)nc(Oc2cc(OC)cc(OC)c2)c1C. The predicted molar refractivity (Wildman–Crippen MR) is 80.7 cm³/mol. The Bertz CT molecular complexity index is 622. The van der Waals surface area contributed by atoms with Crippen molar-refractivity contribution < 1.29 is 14.2 Å². The number of rotatable bonds is 5. The van der Waals surface area contributed by atoms with Gasteiger partial charge in [0, 0.05) is 25.2 Å². The largest absolute Gasteiger partial charge is 0.496 e. The monoisotopic (exact) mass is 289 g/mol. The Balaban J connectivity index is 2.40. The summed E-state index contributed by atoms with van der Waals surface area (Å²) in [6.45, 7) is 3.72. The molecule has 1 aromatic heterocycles. The summed E-state index contributed by atoms with van der Waals surface area (Å²) < 4.78 is 16.3. The van der Waals surface area contributed by atoms with Crippen LogP contribution in [0.1, 0.15) is 11.4 Å². The molecule has 1 heterocycles. The van der Waals surface area contributed by atoms with Crippen LogP contribution in [0.3, 0.4) is 0 Å². The van der Waals surface area contributed by atoms with Crippen molar-refractivity contribution in [3.05, 3.63) is 29.6 Å². The molecule has 0 saturated heterocycles. The highest BCUT2D eigenvalue weighted by atomic mass is 16.5. The standard InChI is InChI=1S/C15H19N3O3/c1-9-14(16-3)17-10(2)18-15(9)21-13-7-11(19-4)6-12(8-13)20-5/h6-8H,1-5H3,(H,16,17,18). The fourth-order valence-corrected chi connectivity index (χ4v) is 1.90. The number of aromatic nitrogens is 2. The second kappa shape index (κ2) is 6.30. The van der Waals surface area contributed by atoms with Gasteiger partial charge in [-0.1, -0.05) is 0 Å². The van der Waals surface area contributed by atoms with Gasteiger partial charge in [0.05, 0.1) is 19.8 Å². The van der Waals surface area contributed by atoms with Gasteiger partial charge in [0.1, 0.15) is 28.9 Å². The van der Waals surface area contributed by atoms with E-state index < -0.39 is 0 Å². The van der Waals surface area contributed by atoms with Crippen LogP contribution in [-0.4, -0.2) is 31.2 Å². The Labute approximate surface area is 124 Å². The third kappa shape index (κ3) is 3.34. The molecule has 2 aromatic rings. The van der Waals surface area contributed by atoms with Crippen molar-refractivity contribution in [1.29, 1.82) is 0 Å². The summed E-state index contributed by atoms with van der Waals surface area (Å²) in [5, 5.41) is 3.03. The highest BCUT2D eigenvalue weighted by Gasteiger charge is 2.12. The molecule has 0 fully saturated rings. The highest BCUT2D eigenvalue weighted by molar-refractivity contribution is 5.50. The Hall–Kier alpha value is -2.50. The summed E-state index contributed by atoms with van der Waals surface area (Å²) >= 11 is 0. The lowest BCUT2D eigenvalue weighted by atomic mass is 10.3. The summed E-state index contributed by atoms with van der Waals surface area (Å²) in [6, 6.07) is 5.33. The third-order valence-corrected chi connectivity index (χ3v) is 2.99. The maximum absolute atomic E-state index is 5.87. The first-order valence-electron chi connectivity index (χ1n) is 6.51. The van der Waals surface area contributed by atoms with Crippen LogP contribution in [0.25, 0.3) is 0 Å². The maximum Gasteiger partial charge on any atom is 0.227 e. The number of nitrogens with one attached hydrogen (secondary N) is 1. The van der Waals surface area contributed by atoms with Crippen LogP contribution in [0.4, 0.5) is 5.82 Å². The minimum Gasteiger partial charge on any atom is -0.496 e. The van der Waals surface area contributed by atoms with Gasteiger partial charge >= 0.3 is 0 Å². The maximum atomic E-state index is 5.87. The first-order chi connectivity index (χ1) is 10.1. The number of ether oxygens (including phenoxy) is 3. The smallest absolute Gasteiger partial charge is 0.227 e. The quantitative estimate of drug-likeness (QED) is 0.913.